The van der Waals surface area contributed by atoms with Crippen LogP contribution in [0.5, 0.6) is 5.75 Å². The van der Waals surface area contributed by atoms with E-state index in [4.69, 9.17) is 5.21 Å². The Hall–Kier alpha value is -1.51. The molecular weight excluding hydrogens is 166 g/mol. The highest BCUT2D eigenvalue weighted by atomic mass is 16.4. The van der Waals surface area contributed by atoms with Gasteiger partial charge in [0.1, 0.15) is 5.75 Å². The molecule has 0 saturated heterocycles. The second-order valence-corrected chi connectivity index (χ2v) is 3.30. The number of hydrogen-bond donors (Lipinski definition) is 2. The van der Waals surface area contributed by atoms with E-state index in [-0.39, 0.29) is 5.75 Å². The largest absolute Gasteiger partial charge is 0.507 e. The van der Waals surface area contributed by atoms with E-state index in [0.717, 1.165) is 23.1 Å². The van der Waals surface area contributed by atoms with Crippen molar-refractivity contribution in [2.45, 2.75) is 19.8 Å². The molecule has 0 atom stereocenters. The van der Waals surface area contributed by atoms with Gasteiger partial charge in [-0.25, -0.2) is 0 Å². The lowest BCUT2D eigenvalue weighted by atomic mass is 10.0. The van der Waals surface area contributed by atoms with Crippen molar-refractivity contribution in [2.75, 3.05) is 0 Å². The molecule has 0 heterocycles. The number of benzene rings is 1. The lowest BCUT2D eigenvalue weighted by molar-refractivity contribution is 0.318. The molecule has 0 aliphatic heterocycles. The van der Waals surface area contributed by atoms with E-state index < -0.39 is 0 Å². The Balaban J connectivity index is 2.69. The number of hydrogen-bond acceptors (Lipinski definition) is 3. The smallest absolute Gasteiger partial charge is 0.125 e. The minimum absolute atomic E-state index is 0.214. The Morgan fingerprint density at radius 3 is 2.77 bits per heavy atom. The number of fused-ring (bicyclic) bond motifs is 1. The van der Waals surface area contributed by atoms with E-state index in [2.05, 4.69) is 5.16 Å². The highest BCUT2D eigenvalue weighted by Gasteiger charge is 2.23. The molecular formula is C10H11NO2. The molecule has 3 nitrogen and oxygen atoms in total. The van der Waals surface area contributed by atoms with E-state index in [9.17, 15) is 5.11 Å². The molecule has 0 aromatic heterocycles. The third-order valence-electron chi connectivity index (χ3n) is 2.55. The van der Waals surface area contributed by atoms with Crippen LogP contribution in [0.4, 0.5) is 0 Å². The van der Waals surface area contributed by atoms with Crippen molar-refractivity contribution < 1.29 is 10.3 Å². The Bertz CT molecular complexity index is 383. The number of nitrogens with zero attached hydrogens (tertiary/aromatic N) is 1. The summed E-state index contributed by atoms with van der Waals surface area (Å²) in [6, 6.07) is 3.53. The Labute approximate surface area is 76.3 Å². The molecule has 1 aliphatic carbocycles. The van der Waals surface area contributed by atoms with Gasteiger partial charge >= 0.3 is 0 Å². The van der Waals surface area contributed by atoms with Gasteiger partial charge in [-0.1, -0.05) is 11.2 Å². The van der Waals surface area contributed by atoms with E-state index in [1.54, 1.807) is 6.07 Å². The standard InChI is InChI=1S/C10H11NO2/c1-6-2-5-9(12)10-7(6)3-4-8(10)11-13/h2,5,12-13H,3-4H2,1H3/b11-8+. The van der Waals surface area contributed by atoms with Gasteiger partial charge in [0.2, 0.25) is 0 Å². The fraction of sp³-hybridized carbons (Fsp3) is 0.300. The average molecular weight is 177 g/mol. The van der Waals surface area contributed by atoms with Crippen molar-refractivity contribution in [3.05, 3.63) is 28.8 Å². The summed E-state index contributed by atoms with van der Waals surface area (Å²) < 4.78 is 0. The lowest BCUT2D eigenvalue weighted by Crippen LogP contribution is -1.95. The van der Waals surface area contributed by atoms with Gasteiger partial charge in [0.25, 0.3) is 0 Å². The summed E-state index contributed by atoms with van der Waals surface area (Å²) in [4.78, 5) is 0. The fourth-order valence-corrected chi connectivity index (χ4v) is 1.85. The molecule has 13 heavy (non-hydrogen) atoms. The molecule has 0 unspecified atom stereocenters. The zero-order valence-electron chi connectivity index (χ0n) is 7.41. The number of rotatable bonds is 0. The summed E-state index contributed by atoms with van der Waals surface area (Å²) >= 11 is 0. The molecule has 0 amide bonds. The summed E-state index contributed by atoms with van der Waals surface area (Å²) in [5.41, 5.74) is 3.57. The maximum Gasteiger partial charge on any atom is 0.125 e. The predicted molar refractivity (Wildman–Crippen MR) is 49.5 cm³/mol. The summed E-state index contributed by atoms with van der Waals surface area (Å²) in [6.07, 6.45) is 1.57. The molecule has 0 spiro atoms. The first-order valence-electron chi connectivity index (χ1n) is 4.27. The van der Waals surface area contributed by atoms with Gasteiger partial charge in [0, 0.05) is 5.56 Å². The van der Waals surface area contributed by atoms with Crippen LogP contribution in [0.3, 0.4) is 0 Å². The normalized spacial score (nSPS) is 17.8. The van der Waals surface area contributed by atoms with E-state index in [1.165, 1.54) is 0 Å². The van der Waals surface area contributed by atoms with E-state index in [1.807, 2.05) is 13.0 Å². The minimum Gasteiger partial charge on any atom is -0.507 e. The number of oxime groups is 1. The molecule has 1 aromatic carbocycles. The Morgan fingerprint density at radius 1 is 1.31 bits per heavy atom. The van der Waals surface area contributed by atoms with Gasteiger partial charge in [-0.3, -0.25) is 0 Å². The number of phenolic OH excluding ortho intramolecular Hbond substituents is 1. The molecule has 0 saturated carbocycles. The zero-order chi connectivity index (χ0) is 9.42. The molecule has 2 rings (SSSR count). The van der Waals surface area contributed by atoms with Gasteiger partial charge in [0.05, 0.1) is 5.71 Å². The minimum atomic E-state index is 0.214. The number of aryl methyl sites for hydroxylation is 1. The molecule has 0 fully saturated rings. The van der Waals surface area contributed by atoms with Crippen LogP contribution >= 0.6 is 0 Å². The summed E-state index contributed by atoms with van der Waals surface area (Å²) in [5, 5.41) is 21.5. The van der Waals surface area contributed by atoms with Crippen LogP contribution in [0, 0.1) is 6.92 Å². The van der Waals surface area contributed by atoms with Crippen LogP contribution < -0.4 is 0 Å². The molecule has 68 valence electrons. The van der Waals surface area contributed by atoms with Crippen molar-refractivity contribution in [1.29, 1.82) is 0 Å². The Kier molecular flexibility index (Phi) is 1.72. The molecule has 3 heteroatoms. The van der Waals surface area contributed by atoms with Crippen LogP contribution in [0.1, 0.15) is 23.1 Å². The maximum atomic E-state index is 9.57. The van der Waals surface area contributed by atoms with E-state index in [0.29, 0.717) is 12.1 Å². The van der Waals surface area contributed by atoms with Crippen LogP contribution in [-0.2, 0) is 6.42 Å². The van der Waals surface area contributed by atoms with Crippen LogP contribution in [-0.4, -0.2) is 16.0 Å². The monoisotopic (exact) mass is 177 g/mol. The molecule has 0 bridgehead atoms. The number of aromatic hydroxyl groups is 1. The van der Waals surface area contributed by atoms with Gasteiger partial charge < -0.3 is 10.3 Å². The van der Waals surface area contributed by atoms with Crippen LogP contribution in [0.2, 0.25) is 0 Å². The average Bonchev–Trinajstić information content (AvgIpc) is 2.56. The number of phenols is 1. The van der Waals surface area contributed by atoms with Crippen molar-refractivity contribution in [1.82, 2.24) is 0 Å². The van der Waals surface area contributed by atoms with Gasteiger partial charge in [-0.2, -0.15) is 0 Å². The van der Waals surface area contributed by atoms with E-state index >= 15 is 0 Å². The first-order chi connectivity index (χ1) is 6.24. The first-order valence-corrected chi connectivity index (χ1v) is 4.27. The molecule has 1 aromatic rings. The zero-order valence-corrected chi connectivity index (χ0v) is 7.41. The quantitative estimate of drug-likeness (QED) is 0.469. The second-order valence-electron chi connectivity index (χ2n) is 3.30. The fourth-order valence-electron chi connectivity index (χ4n) is 1.85. The summed E-state index contributed by atoms with van der Waals surface area (Å²) in [6.45, 7) is 2.00. The van der Waals surface area contributed by atoms with Crippen molar-refractivity contribution in [3.63, 3.8) is 0 Å². The third-order valence-corrected chi connectivity index (χ3v) is 2.55. The second kappa shape index (κ2) is 2.76. The van der Waals surface area contributed by atoms with Crippen molar-refractivity contribution in [2.24, 2.45) is 5.16 Å². The SMILES string of the molecule is Cc1ccc(O)c2c1CC/C2=N\O. The van der Waals surface area contributed by atoms with Crippen LogP contribution in [0.25, 0.3) is 0 Å². The maximum absolute atomic E-state index is 9.57. The van der Waals surface area contributed by atoms with Crippen LogP contribution in [0.15, 0.2) is 17.3 Å². The van der Waals surface area contributed by atoms with Crippen molar-refractivity contribution in [3.8, 4) is 5.75 Å². The summed E-state index contributed by atoms with van der Waals surface area (Å²) in [7, 11) is 0. The molecule has 0 radical (unpaired) electrons. The third kappa shape index (κ3) is 1.08. The molecule has 1 aliphatic rings. The topological polar surface area (TPSA) is 52.8 Å². The van der Waals surface area contributed by atoms with Crippen molar-refractivity contribution >= 4 is 5.71 Å². The highest BCUT2D eigenvalue weighted by molar-refractivity contribution is 6.06. The Morgan fingerprint density at radius 2 is 2.08 bits per heavy atom. The summed E-state index contributed by atoms with van der Waals surface area (Å²) in [5.74, 6) is 0.214. The molecule has 2 N–H and O–H groups in total. The highest BCUT2D eigenvalue weighted by Crippen LogP contribution is 2.32. The lowest BCUT2D eigenvalue weighted by Gasteiger charge is -2.04. The first kappa shape index (κ1) is 8.10. The van der Waals surface area contributed by atoms with Gasteiger partial charge in [-0.15, -0.1) is 0 Å². The predicted octanol–water partition coefficient (Wildman–Crippen LogP) is 1.83. The van der Waals surface area contributed by atoms with Gasteiger partial charge in [0.15, 0.2) is 0 Å². The van der Waals surface area contributed by atoms with Gasteiger partial charge in [-0.05, 0) is 37.0 Å².